The van der Waals surface area contributed by atoms with Crippen LogP contribution in [-0.2, 0) is 21.3 Å². The molecule has 3 rings (SSSR count). The number of benzene rings is 1. The Morgan fingerprint density at radius 3 is 2.59 bits per heavy atom. The molecule has 1 aromatic heterocycles. The number of aromatic nitrogens is 2. The lowest BCUT2D eigenvalue weighted by atomic mass is 10.2. The van der Waals surface area contributed by atoms with E-state index in [1.807, 2.05) is 0 Å². The maximum Gasteiger partial charge on any atom is 0.160 e. The highest BCUT2D eigenvalue weighted by Gasteiger charge is 2.29. The minimum Gasteiger partial charge on any atom is -0.508 e. The predicted molar refractivity (Wildman–Crippen MR) is 61.6 cm³/mol. The number of hydrogen-bond donors (Lipinski definition) is 1. The Bertz CT molecular complexity index is 671. The molecule has 0 bridgehead atoms. The number of sulfone groups is 1. The smallest absolute Gasteiger partial charge is 0.160 e. The molecule has 0 fully saturated rings. The molecule has 5 nitrogen and oxygen atoms in total. The largest absolute Gasteiger partial charge is 0.508 e. The van der Waals surface area contributed by atoms with Gasteiger partial charge in [-0.3, -0.25) is 0 Å². The third kappa shape index (κ3) is 1.70. The zero-order valence-corrected chi connectivity index (χ0v) is 9.68. The van der Waals surface area contributed by atoms with Crippen molar-refractivity contribution in [3.63, 3.8) is 0 Å². The molecule has 0 unspecified atom stereocenters. The Labute approximate surface area is 98.2 Å². The van der Waals surface area contributed by atoms with E-state index in [2.05, 4.69) is 5.10 Å². The van der Waals surface area contributed by atoms with E-state index >= 15 is 0 Å². The lowest BCUT2D eigenvalue weighted by Gasteiger charge is -2.04. The molecule has 0 atom stereocenters. The molecule has 0 saturated carbocycles. The van der Waals surface area contributed by atoms with Gasteiger partial charge < -0.3 is 5.11 Å². The number of hydrogen-bond acceptors (Lipinski definition) is 4. The first-order valence-electron chi connectivity index (χ1n) is 5.11. The third-order valence-corrected chi connectivity index (χ3v) is 4.25. The molecule has 1 aromatic carbocycles. The molecule has 6 heteroatoms. The zero-order valence-electron chi connectivity index (χ0n) is 8.87. The number of phenols is 1. The number of phenolic OH excluding ortho intramolecular Hbond substituents is 1. The van der Waals surface area contributed by atoms with Gasteiger partial charge in [0.05, 0.1) is 29.1 Å². The summed E-state index contributed by atoms with van der Waals surface area (Å²) in [4.78, 5) is 0. The quantitative estimate of drug-likeness (QED) is 0.819. The minimum atomic E-state index is -3.01. The van der Waals surface area contributed by atoms with Crippen LogP contribution < -0.4 is 0 Å². The van der Waals surface area contributed by atoms with Gasteiger partial charge in [0.2, 0.25) is 0 Å². The monoisotopic (exact) mass is 250 g/mol. The SMILES string of the molecule is O=S1(=O)Cc2cnn(-c3ccc(O)cc3)c2C1. The van der Waals surface area contributed by atoms with E-state index in [1.54, 1.807) is 35.1 Å². The van der Waals surface area contributed by atoms with Crippen molar-refractivity contribution in [3.8, 4) is 11.4 Å². The molecular weight excluding hydrogens is 240 g/mol. The van der Waals surface area contributed by atoms with E-state index in [0.717, 1.165) is 16.9 Å². The van der Waals surface area contributed by atoms with Crippen LogP contribution in [-0.4, -0.2) is 23.3 Å². The molecule has 0 radical (unpaired) electrons. The minimum absolute atomic E-state index is 0.0310. The first-order valence-corrected chi connectivity index (χ1v) is 6.93. The van der Waals surface area contributed by atoms with Crippen molar-refractivity contribution < 1.29 is 13.5 Å². The Kier molecular flexibility index (Phi) is 2.03. The Morgan fingerprint density at radius 2 is 1.88 bits per heavy atom. The fourth-order valence-electron chi connectivity index (χ4n) is 1.99. The van der Waals surface area contributed by atoms with E-state index in [-0.39, 0.29) is 17.3 Å². The molecule has 1 N–H and O–H groups in total. The molecule has 2 aromatic rings. The second-order valence-electron chi connectivity index (χ2n) is 4.08. The molecule has 1 aliphatic rings. The van der Waals surface area contributed by atoms with Crippen LogP contribution in [0.15, 0.2) is 30.5 Å². The molecule has 2 heterocycles. The van der Waals surface area contributed by atoms with Gasteiger partial charge in [0.15, 0.2) is 9.84 Å². The first kappa shape index (κ1) is 10.3. The van der Waals surface area contributed by atoms with Gasteiger partial charge in [-0.1, -0.05) is 0 Å². The highest BCUT2D eigenvalue weighted by molar-refractivity contribution is 7.90. The molecule has 88 valence electrons. The fourth-order valence-corrected chi connectivity index (χ4v) is 3.54. The highest BCUT2D eigenvalue weighted by atomic mass is 32.2. The maximum absolute atomic E-state index is 11.5. The van der Waals surface area contributed by atoms with Gasteiger partial charge in [-0.15, -0.1) is 0 Å². The second kappa shape index (κ2) is 3.33. The van der Waals surface area contributed by atoms with Crippen molar-refractivity contribution in [2.24, 2.45) is 0 Å². The first-order chi connectivity index (χ1) is 8.05. The Balaban J connectivity index is 2.10. The summed E-state index contributed by atoms with van der Waals surface area (Å²) in [5, 5.41) is 13.4. The summed E-state index contributed by atoms with van der Waals surface area (Å²) < 4.78 is 24.6. The van der Waals surface area contributed by atoms with Crippen LogP contribution in [0.25, 0.3) is 5.69 Å². The standard InChI is InChI=1S/C11H10N2O3S/c14-10-3-1-9(2-4-10)13-11-7-17(15,16)6-8(11)5-12-13/h1-5,14H,6-7H2. The van der Waals surface area contributed by atoms with Crippen molar-refractivity contribution in [3.05, 3.63) is 41.7 Å². The Morgan fingerprint density at radius 1 is 1.18 bits per heavy atom. The van der Waals surface area contributed by atoms with Crippen molar-refractivity contribution >= 4 is 9.84 Å². The highest BCUT2D eigenvalue weighted by Crippen LogP contribution is 2.27. The van der Waals surface area contributed by atoms with Crippen LogP contribution in [0.5, 0.6) is 5.75 Å². The van der Waals surface area contributed by atoms with E-state index in [9.17, 15) is 13.5 Å². The second-order valence-corrected chi connectivity index (χ2v) is 6.14. The third-order valence-electron chi connectivity index (χ3n) is 2.78. The van der Waals surface area contributed by atoms with Crippen molar-refractivity contribution in [2.45, 2.75) is 11.5 Å². The summed E-state index contributed by atoms with van der Waals surface area (Å²) in [6.45, 7) is 0. The van der Waals surface area contributed by atoms with Crippen LogP contribution in [0, 0.1) is 0 Å². The van der Waals surface area contributed by atoms with Crippen molar-refractivity contribution in [1.82, 2.24) is 9.78 Å². The van der Waals surface area contributed by atoms with Crippen molar-refractivity contribution in [1.29, 1.82) is 0 Å². The summed E-state index contributed by atoms with van der Waals surface area (Å²) in [7, 11) is -3.01. The maximum atomic E-state index is 11.5. The number of rotatable bonds is 1. The van der Waals surface area contributed by atoms with Gasteiger partial charge >= 0.3 is 0 Å². The fraction of sp³-hybridized carbons (Fsp3) is 0.182. The van der Waals surface area contributed by atoms with E-state index < -0.39 is 9.84 Å². The number of fused-ring (bicyclic) bond motifs is 1. The molecular formula is C11H10N2O3S. The van der Waals surface area contributed by atoms with Gasteiger partial charge in [0.25, 0.3) is 0 Å². The van der Waals surface area contributed by atoms with Gasteiger partial charge in [0.1, 0.15) is 5.75 Å². The summed E-state index contributed by atoms with van der Waals surface area (Å²) in [6, 6.07) is 6.50. The van der Waals surface area contributed by atoms with Crippen LogP contribution >= 0.6 is 0 Å². The van der Waals surface area contributed by atoms with Gasteiger partial charge in [-0.2, -0.15) is 5.10 Å². The van der Waals surface area contributed by atoms with Crippen LogP contribution in [0.4, 0.5) is 0 Å². The average molecular weight is 250 g/mol. The topological polar surface area (TPSA) is 72.2 Å². The van der Waals surface area contributed by atoms with Crippen molar-refractivity contribution in [2.75, 3.05) is 0 Å². The van der Waals surface area contributed by atoms with Gasteiger partial charge in [0, 0.05) is 5.56 Å². The van der Waals surface area contributed by atoms with Crippen LogP contribution in [0.2, 0.25) is 0 Å². The molecule has 0 spiro atoms. The Hall–Kier alpha value is -1.82. The predicted octanol–water partition coefficient (Wildman–Crippen LogP) is 1.01. The normalized spacial score (nSPS) is 16.9. The van der Waals surface area contributed by atoms with E-state index in [1.165, 1.54) is 0 Å². The lowest BCUT2D eigenvalue weighted by molar-refractivity contribution is 0.475. The average Bonchev–Trinajstić information content (AvgIpc) is 2.74. The van der Waals surface area contributed by atoms with Gasteiger partial charge in [-0.05, 0) is 24.3 Å². The zero-order chi connectivity index (χ0) is 12.0. The molecule has 0 aliphatic carbocycles. The van der Waals surface area contributed by atoms with E-state index in [0.29, 0.717) is 0 Å². The molecule has 0 saturated heterocycles. The summed E-state index contributed by atoms with van der Waals surface area (Å²) in [5.41, 5.74) is 2.23. The molecule has 17 heavy (non-hydrogen) atoms. The summed E-state index contributed by atoms with van der Waals surface area (Å²) >= 11 is 0. The summed E-state index contributed by atoms with van der Waals surface area (Å²) in [6.07, 6.45) is 1.59. The summed E-state index contributed by atoms with van der Waals surface area (Å²) in [5.74, 6) is 0.272. The molecule has 1 aliphatic heterocycles. The molecule has 0 amide bonds. The van der Waals surface area contributed by atoms with E-state index in [4.69, 9.17) is 0 Å². The van der Waals surface area contributed by atoms with Crippen LogP contribution in [0.3, 0.4) is 0 Å². The lowest BCUT2D eigenvalue weighted by Crippen LogP contribution is -2.04. The number of nitrogens with zero attached hydrogens (tertiary/aromatic N) is 2. The van der Waals surface area contributed by atoms with Gasteiger partial charge in [-0.25, -0.2) is 13.1 Å². The van der Waals surface area contributed by atoms with Crippen LogP contribution in [0.1, 0.15) is 11.3 Å². The number of aromatic hydroxyl groups is 1.